The Labute approximate surface area is 203 Å². The van der Waals surface area contributed by atoms with Gasteiger partial charge in [0.2, 0.25) is 5.95 Å². The van der Waals surface area contributed by atoms with Crippen molar-refractivity contribution in [2.24, 2.45) is 10.7 Å². The van der Waals surface area contributed by atoms with Gasteiger partial charge in [-0.25, -0.2) is 9.78 Å². The molecule has 0 unspecified atom stereocenters. The summed E-state index contributed by atoms with van der Waals surface area (Å²) in [5.41, 5.74) is 10.8. The van der Waals surface area contributed by atoms with Crippen molar-refractivity contribution in [2.75, 3.05) is 38.2 Å². The molecule has 3 aromatic rings. The molecule has 10 heteroatoms. The topological polar surface area (TPSA) is 131 Å². The number of aromatic amines is 1. The standard InChI is InChI=1S/C25H29N7O3/c1-3-35-25(33)31-24-29-22-14-19(13-21(23(22)30-24)17(2)27-8-4-7-26)18-5-6-20(28-15-18)16-32-9-11-34-12-10-32/h4-8,13-15H,2-3,9-12,16,26H2,1H3,(H2,29,30,31,33)/b7-4-,27-8?. The van der Waals surface area contributed by atoms with Crippen molar-refractivity contribution < 1.29 is 14.3 Å². The lowest BCUT2D eigenvalue weighted by atomic mass is 10.0. The van der Waals surface area contributed by atoms with Crippen LogP contribution in [0, 0.1) is 0 Å². The van der Waals surface area contributed by atoms with Crippen molar-refractivity contribution in [3.8, 4) is 11.1 Å². The number of amides is 1. The van der Waals surface area contributed by atoms with Crippen molar-refractivity contribution in [3.63, 3.8) is 0 Å². The third kappa shape index (κ3) is 6.11. The van der Waals surface area contributed by atoms with Gasteiger partial charge < -0.3 is 20.2 Å². The summed E-state index contributed by atoms with van der Waals surface area (Å²) in [5.74, 6) is 0.273. The number of nitrogens with one attached hydrogen (secondary N) is 2. The number of benzene rings is 1. The highest BCUT2D eigenvalue weighted by Gasteiger charge is 2.15. The van der Waals surface area contributed by atoms with Crippen LogP contribution in [0.2, 0.25) is 0 Å². The van der Waals surface area contributed by atoms with E-state index < -0.39 is 6.09 Å². The Morgan fingerprint density at radius 3 is 2.89 bits per heavy atom. The van der Waals surface area contributed by atoms with Gasteiger partial charge in [0.15, 0.2) is 0 Å². The molecule has 0 atom stereocenters. The number of fused-ring (bicyclic) bond motifs is 1. The van der Waals surface area contributed by atoms with Gasteiger partial charge >= 0.3 is 6.09 Å². The lowest BCUT2D eigenvalue weighted by molar-refractivity contribution is 0.0336. The minimum absolute atomic E-state index is 0.260. The first kappa shape index (κ1) is 24.1. The number of allylic oxidation sites excluding steroid dienone is 1. The average Bonchev–Trinajstić information content (AvgIpc) is 3.27. The molecule has 0 radical (unpaired) electrons. The van der Waals surface area contributed by atoms with Gasteiger partial charge in [-0.1, -0.05) is 12.6 Å². The number of rotatable bonds is 8. The smallest absolute Gasteiger partial charge is 0.413 e. The number of imidazole rings is 1. The van der Waals surface area contributed by atoms with E-state index in [-0.39, 0.29) is 12.6 Å². The van der Waals surface area contributed by atoms with Gasteiger partial charge in [0.05, 0.1) is 42.2 Å². The molecule has 1 amide bonds. The van der Waals surface area contributed by atoms with Gasteiger partial charge in [-0.3, -0.25) is 20.2 Å². The molecule has 0 saturated carbocycles. The molecular weight excluding hydrogens is 446 g/mol. The van der Waals surface area contributed by atoms with Crippen molar-refractivity contribution >= 4 is 35.0 Å². The minimum Gasteiger partial charge on any atom is -0.450 e. The average molecular weight is 476 g/mol. The van der Waals surface area contributed by atoms with Gasteiger partial charge in [-0.2, -0.15) is 0 Å². The molecule has 1 fully saturated rings. The quantitative estimate of drug-likeness (QED) is 0.425. The number of hydrogen-bond acceptors (Lipinski definition) is 8. The van der Waals surface area contributed by atoms with Gasteiger partial charge in [-0.05, 0) is 43.0 Å². The molecule has 1 aliphatic heterocycles. The van der Waals surface area contributed by atoms with E-state index in [4.69, 9.17) is 15.2 Å². The zero-order valence-electron chi connectivity index (χ0n) is 19.7. The van der Waals surface area contributed by atoms with Crippen LogP contribution in [0.25, 0.3) is 27.9 Å². The highest BCUT2D eigenvalue weighted by Crippen LogP contribution is 2.31. The molecule has 2 aromatic heterocycles. The fraction of sp³-hybridized carbons (Fsp3) is 0.280. The van der Waals surface area contributed by atoms with Crippen molar-refractivity contribution in [2.45, 2.75) is 13.5 Å². The van der Waals surface area contributed by atoms with Crippen LogP contribution in [0.15, 0.2) is 54.3 Å². The molecule has 182 valence electrons. The third-order valence-electron chi connectivity index (χ3n) is 5.47. The molecule has 4 N–H and O–H groups in total. The van der Waals surface area contributed by atoms with E-state index >= 15 is 0 Å². The van der Waals surface area contributed by atoms with Crippen LogP contribution in [0.5, 0.6) is 0 Å². The largest absolute Gasteiger partial charge is 0.450 e. The second-order valence-electron chi connectivity index (χ2n) is 7.89. The first-order valence-electron chi connectivity index (χ1n) is 11.4. The maximum Gasteiger partial charge on any atom is 0.413 e. The maximum absolute atomic E-state index is 11.9. The number of H-pyrrole nitrogens is 1. The van der Waals surface area contributed by atoms with Crippen LogP contribution in [0.4, 0.5) is 10.7 Å². The number of pyridine rings is 1. The maximum atomic E-state index is 11.9. The van der Waals surface area contributed by atoms with Crippen molar-refractivity contribution in [1.29, 1.82) is 0 Å². The van der Waals surface area contributed by atoms with E-state index in [2.05, 4.69) is 36.7 Å². The van der Waals surface area contributed by atoms with E-state index in [1.54, 1.807) is 19.2 Å². The van der Waals surface area contributed by atoms with E-state index in [0.29, 0.717) is 22.3 Å². The predicted octanol–water partition coefficient (Wildman–Crippen LogP) is 3.54. The molecular formula is C25H29N7O3. The van der Waals surface area contributed by atoms with Crippen LogP contribution in [0.1, 0.15) is 18.2 Å². The van der Waals surface area contributed by atoms with Gasteiger partial charge in [0.25, 0.3) is 0 Å². The Kier molecular flexibility index (Phi) is 7.86. The number of aliphatic imine (C=N–C) groups is 1. The first-order valence-corrected chi connectivity index (χ1v) is 11.4. The summed E-state index contributed by atoms with van der Waals surface area (Å²) in [6, 6.07) is 8.00. The number of carbonyl (C=O) groups is 1. The Morgan fingerprint density at radius 2 is 2.17 bits per heavy atom. The number of hydrogen-bond donors (Lipinski definition) is 3. The van der Waals surface area contributed by atoms with Gasteiger partial charge in [-0.15, -0.1) is 0 Å². The lowest BCUT2D eigenvalue weighted by Crippen LogP contribution is -2.35. The van der Waals surface area contributed by atoms with Crippen LogP contribution in [0.3, 0.4) is 0 Å². The molecule has 1 aliphatic rings. The second-order valence-corrected chi connectivity index (χ2v) is 7.89. The fourth-order valence-electron chi connectivity index (χ4n) is 3.76. The zero-order valence-corrected chi connectivity index (χ0v) is 19.7. The molecule has 10 nitrogen and oxygen atoms in total. The summed E-state index contributed by atoms with van der Waals surface area (Å²) < 4.78 is 10.4. The molecule has 0 aliphatic carbocycles. The highest BCUT2D eigenvalue weighted by atomic mass is 16.5. The Hall–Kier alpha value is -4.02. The Morgan fingerprint density at radius 1 is 1.34 bits per heavy atom. The van der Waals surface area contributed by atoms with Crippen LogP contribution < -0.4 is 11.1 Å². The molecule has 35 heavy (non-hydrogen) atoms. The Balaban J connectivity index is 1.66. The van der Waals surface area contributed by atoms with Crippen LogP contribution in [-0.4, -0.2) is 65.1 Å². The SMILES string of the molecule is C=C(N=C/C=C\N)c1cc(-c2ccc(CN3CCOCC3)nc2)cc2[nH]c(NC(=O)OCC)nc12. The fourth-order valence-corrected chi connectivity index (χ4v) is 3.76. The number of ether oxygens (including phenoxy) is 2. The van der Waals surface area contributed by atoms with Crippen LogP contribution in [-0.2, 0) is 16.0 Å². The van der Waals surface area contributed by atoms with E-state index in [1.807, 2.05) is 30.5 Å². The number of morpholine rings is 1. The molecule has 4 rings (SSSR count). The lowest BCUT2D eigenvalue weighted by Gasteiger charge is -2.26. The number of carbonyl (C=O) groups excluding carboxylic acids is 1. The van der Waals surface area contributed by atoms with E-state index in [1.165, 1.54) is 6.20 Å². The minimum atomic E-state index is -0.585. The van der Waals surface area contributed by atoms with E-state index in [9.17, 15) is 4.79 Å². The summed E-state index contributed by atoms with van der Waals surface area (Å²) in [6.07, 6.45) is 5.84. The summed E-state index contributed by atoms with van der Waals surface area (Å²) in [6.45, 7) is 10.2. The molecule has 1 aromatic carbocycles. The molecule has 3 heterocycles. The van der Waals surface area contributed by atoms with Crippen molar-refractivity contribution in [1.82, 2.24) is 19.9 Å². The molecule has 1 saturated heterocycles. The van der Waals surface area contributed by atoms with Crippen molar-refractivity contribution in [3.05, 3.63) is 60.6 Å². The van der Waals surface area contributed by atoms with Gasteiger partial charge in [0, 0.05) is 43.2 Å². The van der Waals surface area contributed by atoms with Crippen LogP contribution >= 0.6 is 0 Å². The summed E-state index contributed by atoms with van der Waals surface area (Å²) in [5, 5.41) is 2.61. The number of nitrogens with two attached hydrogens (primary N) is 1. The Bertz CT molecular complexity index is 1240. The summed E-state index contributed by atoms with van der Waals surface area (Å²) in [4.78, 5) is 30.9. The third-order valence-corrected chi connectivity index (χ3v) is 5.47. The summed E-state index contributed by atoms with van der Waals surface area (Å²) >= 11 is 0. The molecule has 0 bridgehead atoms. The number of nitrogens with zero attached hydrogens (tertiary/aromatic N) is 4. The second kappa shape index (κ2) is 11.4. The highest BCUT2D eigenvalue weighted by molar-refractivity contribution is 5.96. The molecule has 0 spiro atoms. The zero-order chi connectivity index (χ0) is 24.6. The predicted molar refractivity (Wildman–Crippen MR) is 137 cm³/mol. The number of anilines is 1. The first-order chi connectivity index (χ1) is 17.1. The summed E-state index contributed by atoms with van der Waals surface area (Å²) in [7, 11) is 0. The van der Waals surface area contributed by atoms with E-state index in [0.717, 1.165) is 49.7 Å². The number of aromatic nitrogens is 3. The normalized spacial score (nSPS) is 14.7. The van der Waals surface area contributed by atoms with Gasteiger partial charge in [0.1, 0.15) is 0 Å². The monoisotopic (exact) mass is 475 g/mol.